The third-order valence-electron chi connectivity index (χ3n) is 1.88. The summed E-state index contributed by atoms with van der Waals surface area (Å²) in [5.74, 6) is -2.15. The van der Waals surface area contributed by atoms with E-state index in [1.807, 2.05) is 0 Å². The Morgan fingerprint density at radius 1 is 1.25 bits per heavy atom. The number of carboxylic acids is 1. The Morgan fingerprint density at radius 3 is 2.08 bits per heavy atom. The van der Waals surface area contributed by atoms with Crippen molar-refractivity contribution < 1.29 is 24.9 Å². The summed E-state index contributed by atoms with van der Waals surface area (Å²) in [5, 5.41) is 26.0. The molecule has 0 radical (unpaired) electrons. The zero-order valence-electron chi connectivity index (χ0n) is 6.17. The third-order valence-corrected chi connectivity index (χ3v) is 1.88. The molecule has 1 aliphatic heterocycles. The largest absolute Gasteiger partial charge is 0.481 e. The van der Waals surface area contributed by atoms with E-state index >= 15 is 0 Å². The van der Waals surface area contributed by atoms with Crippen LogP contribution in [0.1, 0.15) is 0 Å². The van der Waals surface area contributed by atoms with E-state index in [0.717, 1.165) is 4.90 Å². The maximum absolute atomic E-state index is 10.4. The van der Waals surface area contributed by atoms with Crippen LogP contribution in [0.4, 0.5) is 4.79 Å². The molecule has 0 spiro atoms. The Hall–Kier alpha value is -1.30. The average Bonchev–Trinajstić information content (AvgIpc) is 2.30. The van der Waals surface area contributed by atoms with Crippen LogP contribution >= 0.6 is 0 Å². The molecule has 0 aromatic carbocycles. The van der Waals surface area contributed by atoms with Gasteiger partial charge in [-0.3, -0.25) is 4.79 Å². The van der Waals surface area contributed by atoms with Gasteiger partial charge in [-0.25, -0.2) is 4.79 Å². The summed E-state index contributed by atoms with van der Waals surface area (Å²) in [6, 6.07) is 0. The number of hydrogen-bond donors (Lipinski definition) is 3. The molecule has 3 N–H and O–H groups in total. The second-order valence-corrected chi connectivity index (χ2v) is 2.70. The van der Waals surface area contributed by atoms with Gasteiger partial charge in [0.15, 0.2) is 0 Å². The minimum absolute atomic E-state index is 0.119. The molecular weight excluding hydrogens is 166 g/mol. The Labute approximate surface area is 68.0 Å². The highest BCUT2D eigenvalue weighted by Crippen LogP contribution is 2.16. The lowest BCUT2D eigenvalue weighted by molar-refractivity contribution is -0.143. The fraction of sp³-hybridized carbons (Fsp3) is 0.667. The predicted octanol–water partition coefficient (Wildman–Crippen LogP) is -0.958. The molecule has 68 valence electrons. The lowest BCUT2D eigenvalue weighted by Crippen LogP contribution is -2.28. The predicted molar refractivity (Wildman–Crippen MR) is 36.7 cm³/mol. The summed E-state index contributed by atoms with van der Waals surface area (Å²) < 4.78 is 0. The van der Waals surface area contributed by atoms with Crippen LogP contribution in [0, 0.1) is 5.92 Å². The molecular formula is C6H9NO5. The normalized spacial score (nSPS) is 28.9. The summed E-state index contributed by atoms with van der Waals surface area (Å²) in [7, 11) is 0. The van der Waals surface area contributed by atoms with Crippen molar-refractivity contribution >= 4 is 12.1 Å². The number of hydrogen-bond acceptors (Lipinski definition) is 3. The van der Waals surface area contributed by atoms with Crippen molar-refractivity contribution in [2.24, 2.45) is 5.92 Å². The molecule has 2 atom stereocenters. The summed E-state index contributed by atoms with van der Waals surface area (Å²) in [4.78, 5) is 21.6. The number of nitrogens with zero attached hydrogens (tertiary/aromatic N) is 1. The van der Waals surface area contributed by atoms with Crippen LogP contribution in [0.25, 0.3) is 0 Å². The lowest BCUT2D eigenvalue weighted by atomic mass is 10.1. The number of likely N-dealkylation sites (tertiary alicyclic amines) is 1. The summed E-state index contributed by atoms with van der Waals surface area (Å²) in [5.41, 5.74) is 0. The second-order valence-electron chi connectivity index (χ2n) is 2.70. The van der Waals surface area contributed by atoms with E-state index < -0.39 is 24.1 Å². The van der Waals surface area contributed by atoms with Gasteiger partial charge in [0, 0.05) is 6.54 Å². The molecule has 0 unspecified atom stereocenters. The number of aliphatic hydroxyl groups is 1. The fourth-order valence-corrected chi connectivity index (χ4v) is 1.19. The summed E-state index contributed by atoms with van der Waals surface area (Å²) >= 11 is 0. The van der Waals surface area contributed by atoms with Crippen LogP contribution in [0.15, 0.2) is 0 Å². The number of carboxylic acid groups (broad SMARTS) is 2. The van der Waals surface area contributed by atoms with E-state index in [4.69, 9.17) is 15.3 Å². The highest BCUT2D eigenvalue weighted by Gasteiger charge is 2.38. The van der Waals surface area contributed by atoms with Gasteiger partial charge in [-0.15, -0.1) is 0 Å². The number of carbonyl (C=O) groups is 2. The monoisotopic (exact) mass is 175 g/mol. The highest BCUT2D eigenvalue weighted by molar-refractivity contribution is 5.74. The quantitative estimate of drug-likeness (QED) is 0.477. The van der Waals surface area contributed by atoms with Crippen molar-refractivity contribution in [1.82, 2.24) is 4.90 Å². The smallest absolute Gasteiger partial charge is 0.407 e. The molecule has 0 bridgehead atoms. The van der Waals surface area contributed by atoms with Gasteiger partial charge in [0.2, 0.25) is 0 Å². The second kappa shape index (κ2) is 2.98. The molecule has 12 heavy (non-hydrogen) atoms. The molecule has 1 amide bonds. The number of rotatable bonds is 1. The van der Waals surface area contributed by atoms with E-state index in [9.17, 15) is 9.59 Å². The van der Waals surface area contributed by atoms with Crippen molar-refractivity contribution in [2.45, 2.75) is 6.10 Å². The lowest BCUT2D eigenvalue weighted by Gasteiger charge is -2.08. The van der Waals surface area contributed by atoms with Crippen molar-refractivity contribution in [3.05, 3.63) is 0 Å². The van der Waals surface area contributed by atoms with Gasteiger partial charge < -0.3 is 20.2 Å². The van der Waals surface area contributed by atoms with Gasteiger partial charge in [-0.05, 0) is 0 Å². The highest BCUT2D eigenvalue weighted by atomic mass is 16.4. The molecule has 1 rings (SSSR count). The Morgan fingerprint density at radius 2 is 1.83 bits per heavy atom. The van der Waals surface area contributed by atoms with Crippen molar-refractivity contribution in [3.8, 4) is 0 Å². The average molecular weight is 175 g/mol. The minimum Gasteiger partial charge on any atom is -0.481 e. The van der Waals surface area contributed by atoms with Gasteiger partial charge >= 0.3 is 12.1 Å². The molecule has 6 heteroatoms. The first-order chi connectivity index (χ1) is 5.52. The van der Waals surface area contributed by atoms with Gasteiger partial charge in [0.25, 0.3) is 0 Å². The molecule has 0 aliphatic carbocycles. The standard InChI is InChI=1S/C6H9NO5/c8-4-2-7(6(11)12)1-3(4)5(9)10/h3-4,8H,1-2H2,(H,9,10)(H,11,12)/t3-,4-/m0/s1. The maximum atomic E-state index is 10.4. The van der Waals surface area contributed by atoms with Gasteiger partial charge in [0.1, 0.15) is 5.92 Å². The molecule has 0 aromatic rings. The van der Waals surface area contributed by atoms with E-state index in [1.54, 1.807) is 0 Å². The molecule has 1 fully saturated rings. The Balaban J connectivity index is 2.62. The molecule has 1 saturated heterocycles. The van der Waals surface area contributed by atoms with Crippen molar-refractivity contribution in [2.75, 3.05) is 13.1 Å². The van der Waals surface area contributed by atoms with Crippen molar-refractivity contribution in [1.29, 1.82) is 0 Å². The molecule has 0 saturated carbocycles. The van der Waals surface area contributed by atoms with Crippen LogP contribution in [0.5, 0.6) is 0 Å². The topological polar surface area (TPSA) is 98.1 Å². The van der Waals surface area contributed by atoms with Crippen LogP contribution in [0.2, 0.25) is 0 Å². The molecule has 0 aromatic heterocycles. The number of aliphatic hydroxyl groups excluding tert-OH is 1. The SMILES string of the molecule is O=C(O)[C@H]1CN(C(=O)O)C[C@@H]1O. The Bertz CT molecular complexity index is 216. The number of β-amino-alcohol motifs (C(OH)–C–C–N with tert-alkyl or cyclic N) is 1. The fourth-order valence-electron chi connectivity index (χ4n) is 1.19. The van der Waals surface area contributed by atoms with E-state index in [1.165, 1.54) is 0 Å². The zero-order valence-corrected chi connectivity index (χ0v) is 6.17. The Kier molecular flexibility index (Phi) is 2.18. The van der Waals surface area contributed by atoms with Crippen LogP contribution in [0.3, 0.4) is 0 Å². The zero-order chi connectivity index (χ0) is 9.30. The van der Waals surface area contributed by atoms with Crippen molar-refractivity contribution in [3.63, 3.8) is 0 Å². The first kappa shape index (κ1) is 8.79. The van der Waals surface area contributed by atoms with Crippen LogP contribution in [-0.4, -0.2) is 51.5 Å². The number of amides is 1. The molecule has 6 nitrogen and oxygen atoms in total. The summed E-state index contributed by atoms with van der Waals surface area (Å²) in [6.45, 7) is -0.252. The van der Waals surface area contributed by atoms with Crippen LogP contribution in [-0.2, 0) is 4.79 Å². The van der Waals surface area contributed by atoms with E-state index in [-0.39, 0.29) is 13.1 Å². The minimum atomic E-state index is -1.20. The first-order valence-electron chi connectivity index (χ1n) is 3.41. The van der Waals surface area contributed by atoms with E-state index in [2.05, 4.69) is 0 Å². The van der Waals surface area contributed by atoms with Crippen LogP contribution < -0.4 is 0 Å². The molecule has 1 aliphatic rings. The number of aliphatic carboxylic acids is 1. The molecule has 1 heterocycles. The van der Waals surface area contributed by atoms with Gasteiger partial charge in [-0.2, -0.15) is 0 Å². The third kappa shape index (κ3) is 1.48. The summed E-state index contributed by atoms with van der Waals surface area (Å²) in [6.07, 6.45) is -2.28. The maximum Gasteiger partial charge on any atom is 0.407 e. The van der Waals surface area contributed by atoms with E-state index in [0.29, 0.717) is 0 Å². The van der Waals surface area contributed by atoms with Gasteiger partial charge in [-0.1, -0.05) is 0 Å². The van der Waals surface area contributed by atoms with Gasteiger partial charge in [0.05, 0.1) is 12.6 Å². The first-order valence-corrected chi connectivity index (χ1v) is 3.41.